The molecule has 0 spiro atoms. The Morgan fingerprint density at radius 1 is 1.08 bits per heavy atom. The second kappa shape index (κ2) is 12.2. The monoisotopic (exact) mass is 367 g/mol. The Bertz CT molecular complexity index is 540. The van der Waals surface area contributed by atoms with Gasteiger partial charge in [-0.15, -0.1) is 0 Å². The van der Waals surface area contributed by atoms with Crippen molar-refractivity contribution in [2.24, 2.45) is 0 Å². The summed E-state index contributed by atoms with van der Waals surface area (Å²) in [7, 11) is 0. The lowest BCUT2D eigenvalue weighted by atomic mass is 10.2. The van der Waals surface area contributed by atoms with Crippen LogP contribution in [0.3, 0.4) is 0 Å². The molecule has 0 saturated carbocycles. The van der Waals surface area contributed by atoms with Gasteiger partial charge in [0.25, 0.3) is 0 Å². The summed E-state index contributed by atoms with van der Waals surface area (Å²) in [5, 5.41) is 23.6. The maximum Gasteiger partial charge on any atom is 0.225 e. The maximum atomic E-state index is 11.9. The van der Waals surface area contributed by atoms with Gasteiger partial charge in [0.05, 0.1) is 6.61 Å². The largest absolute Gasteiger partial charge is 0.491 e. The number of nitrogens with one attached hydrogen (secondary N) is 2. The standard InChI is InChI=1S/C18H29N3O5/c1-3-5-7-17(24)20-15-9-14(26-12-13(23)11-22)10-16(19-15)21-18(25)8-6-4-2/h9-10,13,22-23H,3-8,11-12H2,1-2H3,(H2,19,20,21,24,25). The van der Waals surface area contributed by atoms with Crippen LogP contribution in [0.25, 0.3) is 0 Å². The summed E-state index contributed by atoms with van der Waals surface area (Å²) in [6, 6.07) is 3.02. The van der Waals surface area contributed by atoms with Crippen LogP contribution in [0.4, 0.5) is 11.6 Å². The minimum absolute atomic E-state index is 0.118. The van der Waals surface area contributed by atoms with Gasteiger partial charge in [0, 0.05) is 25.0 Å². The topological polar surface area (TPSA) is 121 Å². The van der Waals surface area contributed by atoms with E-state index in [9.17, 15) is 14.7 Å². The van der Waals surface area contributed by atoms with E-state index in [0.717, 1.165) is 25.7 Å². The summed E-state index contributed by atoms with van der Waals surface area (Å²) >= 11 is 0. The van der Waals surface area contributed by atoms with E-state index in [-0.39, 0.29) is 30.1 Å². The molecule has 0 radical (unpaired) electrons. The molecule has 0 fully saturated rings. The van der Waals surface area contributed by atoms with Gasteiger partial charge in [0.15, 0.2) is 0 Å². The van der Waals surface area contributed by atoms with E-state index < -0.39 is 12.7 Å². The average molecular weight is 367 g/mol. The number of pyridine rings is 1. The molecule has 1 rings (SSSR count). The first kappa shape index (κ1) is 21.9. The number of nitrogens with zero attached hydrogens (tertiary/aromatic N) is 1. The van der Waals surface area contributed by atoms with Crippen LogP contribution in [0.2, 0.25) is 0 Å². The lowest BCUT2D eigenvalue weighted by Crippen LogP contribution is -2.21. The van der Waals surface area contributed by atoms with Gasteiger partial charge < -0.3 is 25.6 Å². The number of amides is 2. The molecule has 2 amide bonds. The molecular formula is C18H29N3O5. The lowest BCUT2D eigenvalue weighted by molar-refractivity contribution is -0.117. The third-order valence-electron chi connectivity index (χ3n) is 3.50. The molecule has 1 heterocycles. The summed E-state index contributed by atoms with van der Waals surface area (Å²) in [6.07, 6.45) is 3.09. The van der Waals surface area contributed by atoms with E-state index in [2.05, 4.69) is 15.6 Å². The highest BCUT2D eigenvalue weighted by molar-refractivity contribution is 5.92. The average Bonchev–Trinajstić information content (AvgIpc) is 2.62. The fourth-order valence-corrected chi connectivity index (χ4v) is 2.05. The molecule has 1 atom stereocenters. The van der Waals surface area contributed by atoms with Gasteiger partial charge >= 0.3 is 0 Å². The Hall–Kier alpha value is -2.19. The molecular weight excluding hydrogens is 338 g/mol. The molecule has 146 valence electrons. The van der Waals surface area contributed by atoms with Gasteiger partial charge in [-0.25, -0.2) is 4.98 Å². The summed E-state index contributed by atoms with van der Waals surface area (Å²) in [5.41, 5.74) is 0. The van der Waals surface area contributed by atoms with Crippen molar-refractivity contribution >= 4 is 23.5 Å². The second-order valence-corrected chi connectivity index (χ2v) is 6.02. The van der Waals surface area contributed by atoms with Gasteiger partial charge in [-0.1, -0.05) is 26.7 Å². The molecule has 0 aliphatic heterocycles. The fourth-order valence-electron chi connectivity index (χ4n) is 2.05. The highest BCUT2D eigenvalue weighted by Gasteiger charge is 2.11. The predicted molar refractivity (Wildman–Crippen MR) is 99.1 cm³/mol. The molecule has 8 heteroatoms. The van der Waals surface area contributed by atoms with Gasteiger partial charge in [-0.3, -0.25) is 9.59 Å². The molecule has 0 bridgehead atoms. The fraction of sp³-hybridized carbons (Fsp3) is 0.611. The Balaban J connectivity index is 2.86. The van der Waals surface area contributed by atoms with Crippen LogP contribution in [0.5, 0.6) is 5.75 Å². The van der Waals surface area contributed by atoms with E-state index in [4.69, 9.17) is 9.84 Å². The van der Waals surface area contributed by atoms with Crippen molar-refractivity contribution in [2.75, 3.05) is 23.8 Å². The Morgan fingerprint density at radius 3 is 2.00 bits per heavy atom. The molecule has 0 aliphatic carbocycles. The van der Waals surface area contributed by atoms with Crippen molar-refractivity contribution < 1.29 is 24.5 Å². The molecule has 26 heavy (non-hydrogen) atoms. The van der Waals surface area contributed by atoms with E-state index in [0.29, 0.717) is 18.6 Å². The third-order valence-corrected chi connectivity index (χ3v) is 3.50. The molecule has 1 aromatic heterocycles. The molecule has 8 nitrogen and oxygen atoms in total. The number of aromatic nitrogens is 1. The number of hydrogen-bond donors (Lipinski definition) is 4. The molecule has 0 aliphatic rings. The van der Waals surface area contributed by atoms with E-state index in [1.54, 1.807) is 0 Å². The number of rotatable bonds is 12. The summed E-state index contributed by atoms with van der Waals surface area (Å²) in [6.45, 7) is 3.45. The van der Waals surface area contributed by atoms with E-state index in [1.165, 1.54) is 12.1 Å². The third kappa shape index (κ3) is 8.77. The van der Waals surface area contributed by atoms with Crippen molar-refractivity contribution in [3.8, 4) is 5.75 Å². The number of hydrogen-bond acceptors (Lipinski definition) is 6. The lowest BCUT2D eigenvalue weighted by Gasteiger charge is -2.13. The number of anilines is 2. The van der Waals surface area contributed by atoms with Crippen LogP contribution in [0.1, 0.15) is 52.4 Å². The molecule has 1 unspecified atom stereocenters. The maximum absolute atomic E-state index is 11.9. The van der Waals surface area contributed by atoms with Crippen molar-refractivity contribution in [3.05, 3.63) is 12.1 Å². The van der Waals surface area contributed by atoms with Crippen LogP contribution in [0.15, 0.2) is 12.1 Å². The molecule has 0 aromatic carbocycles. The first-order valence-electron chi connectivity index (χ1n) is 9.02. The second-order valence-electron chi connectivity index (χ2n) is 6.02. The Morgan fingerprint density at radius 2 is 1.58 bits per heavy atom. The Kier molecular flexibility index (Phi) is 10.3. The molecule has 1 aromatic rings. The quantitative estimate of drug-likeness (QED) is 0.449. The molecule has 4 N–H and O–H groups in total. The van der Waals surface area contributed by atoms with Gasteiger partial charge in [-0.2, -0.15) is 0 Å². The number of carbonyl (C=O) groups excluding carboxylic acids is 2. The van der Waals surface area contributed by atoms with Gasteiger partial charge in [0.1, 0.15) is 30.1 Å². The number of carbonyl (C=O) groups is 2. The summed E-state index contributed by atoms with van der Waals surface area (Å²) in [5.74, 6) is 0.496. The predicted octanol–water partition coefficient (Wildman–Crippen LogP) is 2.07. The minimum Gasteiger partial charge on any atom is -0.491 e. The van der Waals surface area contributed by atoms with Crippen molar-refractivity contribution in [1.82, 2.24) is 4.98 Å². The summed E-state index contributed by atoms with van der Waals surface area (Å²) < 4.78 is 5.41. The SMILES string of the molecule is CCCCC(=O)Nc1cc(OCC(O)CO)cc(NC(=O)CCCC)n1. The van der Waals surface area contributed by atoms with Crippen LogP contribution >= 0.6 is 0 Å². The number of unbranched alkanes of at least 4 members (excludes halogenated alkanes) is 2. The zero-order chi connectivity index (χ0) is 19.4. The molecule has 0 saturated heterocycles. The zero-order valence-corrected chi connectivity index (χ0v) is 15.5. The van der Waals surface area contributed by atoms with Crippen LogP contribution in [-0.4, -0.2) is 46.3 Å². The smallest absolute Gasteiger partial charge is 0.225 e. The Labute approximate surface area is 154 Å². The van der Waals surface area contributed by atoms with Crippen molar-refractivity contribution in [3.63, 3.8) is 0 Å². The van der Waals surface area contributed by atoms with Gasteiger partial charge in [0.2, 0.25) is 11.8 Å². The number of aliphatic hydroxyl groups is 2. The number of ether oxygens (including phenoxy) is 1. The number of aliphatic hydroxyl groups excluding tert-OH is 2. The minimum atomic E-state index is -1.02. The highest BCUT2D eigenvalue weighted by Crippen LogP contribution is 2.22. The van der Waals surface area contributed by atoms with E-state index >= 15 is 0 Å². The normalized spacial score (nSPS) is 11.7. The van der Waals surface area contributed by atoms with Crippen LogP contribution in [0, 0.1) is 0 Å². The highest BCUT2D eigenvalue weighted by atomic mass is 16.5. The van der Waals surface area contributed by atoms with Crippen molar-refractivity contribution in [1.29, 1.82) is 0 Å². The van der Waals surface area contributed by atoms with Crippen LogP contribution < -0.4 is 15.4 Å². The van der Waals surface area contributed by atoms with Gasteiger partial charge in [-0.05, 0) is 12.8 Å². The first-order valence-corrected chi connectivity index (χ1v) is 9.02. The van der Waals surface area contributed by atoms with Crippen LogP contribution in [-0.2, 0) is 9.59 Å². The van der Waals surface area contributed by atoms with Crippen molar-refractivity contribution in [2.45, 2.75) is 58.5 Å². The first-order chi connectivity index (χ1) is 12.5. The van der Waals surface area contributed by atoms with E-state index in [1.807, 2.05) is 13.8 Å². The zero-order valence-electron chi connectivity index (χ0n) is 15.5. The summed E-state index contributed by atoms with van der Waals surface area (Å²) in [4.78, 5) is 28.1.